The van der Waals surface area contributed by atoms with Crippen molar-refractivity contribution in [3.05, 3.63) is 56.7 Å². The number of nitrogens with one attached hydrogen (secondary N) is 2. The summed E-state index contributed by atoms with van der Waals surface area (Å²) in [5.74, 6) is -0.686. The van der Waals surface area contributed by atoms with E-state index < -0.39 is 0 Å². The number of carbonyl (C=O) groups excluding carboxylic acids is 2. The number of thiophene rings is 1. The highest BCUT2D eigenvalue weighted by atomic mass is 79.9. The summed E-state index contributed by atoms with van der Waals surface area (Å²) in [7, 11) is 0. The lowest BCUT2D eigenvalue weighted by Crippen LogP contribution is -2.41. The van der Waals surface area contributed by atoms with Gasteiger partial charge in [0, 0.05) is 5.56 Å². The van der Waals surface area contributed by atoms with Gasteiger partial charge in [0.2, 0.25) is 0 Å². The van der Waals surface area contributed by atoms with Gasteiger partial charge >= 0.3 is 0 Å². The topological polar surface area (TPSA) is 58.2 Å². The van der Waals surface area contributed by atoms with E-state index in [0.29, 0.717) is 10.4 Å². The maximum absolute atomic E-state index is 11.7. The first kappa shape index (κ1) is 12.8. The summed E-state index contributed by atoms with van der Waals surface area (Å²) in [4.78, 5) is 23.8. The molecule has 0 aliphatic carbocycles. The molecule has 0 aliphatic heterocycles. The molecule has 92 valence electrons. The number of hydrogen-bond donors (Lipinski definition) is 2. The fraction of sp³-hybridized carbons (Fsp3) is 0. The van der Waals surface area contributed by atoms with Crippen LogP contribution in [0, 0.1) is 0 Å². The Morgan fingerprint density at radius 3 is 2.22 bits per heavy atom. The third-order valence-electron chi connectivity index (χ3n) is 2.12. The molecule has 2 rings (SSSR count). The smallest absolute Gasteiger partial charge is 0.267 e. The minimum atomic E-state index is -0.348. The molecule has 0 unspecified atom stereocenters. The third kappa shape index (κ3) is 3.18. The number of carbonyl (C=O) groups is 2. The van der Waals surface area contributed by atoms with Gasteiger partial charge in [-0.15, -0.1) is 11.3 Å². The van der Waals surface area contributed by atoms with Crippen molar-refractivity contribution in [3.63, 3.8) is 0 Å². The maximum Gasteiger partial charge on any atom is 0.279 e. The van der Waals surface area contributed by atoms with Gasteiger partial charge in [-0.05, 0) is 40.2 Å². The third-order valence-corrected chi connectivity index (χ3v) is 3.74. The van der Waals surface area contributed by atoms with Gasteiger partial charge < -0.3 is 0 Å². The zero-order valence-electron chi connectivity index (χ0n) is 9.14. The molecule has 18 heavy (non-hydrogen) atoms. The van der Waals surface area contributed by atoms with E-state index in [2.05, 4.69) is 26.8 Å². The summed E-state index contributed by atoms with van der Waals surface area (Å²) in [6, 6.07) is 12.1. The highest BCUT2D eigenvalue weighted by Crippen LogP contribution is 2.21. The summed E-state index contributed by atoms with van der Waals surface area (Å²) in [6.07, 6.45) is 0. The number of amides is 2. The Kier molecular flexibility index (Phi) is 4.11. The van der Waals surface area contributed by atoms with Crippen LogP contribution in [0.1, 0.15) is 20.0 Å². The average molecular weight is 325 g/mol. The standard InChI is InChI=1S/C12H9BrN2O2S/c13-10-7-6-9(18-10)12(17)15-14-11(16)8-4-2-1-3-5-8/h1-7H,(H,14,16)(H,15,17). The van der Waals surface area contributed by atoms with Crippen molar-refractivity contribution in [3.8, 4) is 0 Å². The SMILES string of the molecule is O=C(NNC(=O)c1ccc(Br)s1)c1ccccc1. The van der Waals surface area contributed by atoms with Crippen molar-refractivity contribution < 1.29 is 9.59 Å². The van der Waals surface area contributed by atoms with Crippen molar-refractivity contribution in [2.75, 3.05) is 0 Å². The van der Waals surface area contributed by atoms with Crippen molar-refractivity contribution in [1.29, 1.82) is 0 Å². The fourth-order valence-electron chi connectivity index (χ4n) is 1.27. The van der Waals surface area contributed by atoms with Gasteiger partial charge in [0.1, 0.15) is 0 Å². The Hall–Kier alpha value is -1.66. The molecule has 2 amide bonds. The molecule has 0 saturated carbocycles. The van der Waals surface area contributed by atoms with Crippen LogP contribution >= 0.6 is 27.3 Å². The predicted octanol–water partition coefficient (Wildman–Crippen LogP) is 2.59. The molecule has 4 nitrogen and oxygen atoms in total. The quantitative estimate of drug-likeness (QED) is 0.834. The molecule has 6 heteroatoms. The Bertz CT molecular complexity index is 568. The van der Waals surface area contributed by atoms with Crippen LogP contribution in [0.5, 0.6) is 0 Å². The van der Waals surface area contributed by atoms with Crippen LogP contribution in [0.15, 0.2) is 46.3 Å². The molecule has 0 bridgehead atoms. The number of hydrogen-bond acceptors (Lipinski definition) is 3. The van der Waals surface area contributed by atoms with Crippen LogP contribution in [0.25, 0.3) is 0 Å². The van der Waals surface area contributed by atoms with Gasteiger partial charge in [-0.2, -0.15) is 0 Å². The molecule has 2 N–H and O–H groups in total. The molecular formula is C12H9BrN2O2S. The molecular weight excluding hydrogens is 316 g/mol. The molecule has 1 aromatic heterocycles. The second kappa shape index (κ2) is 5.79. The van der Waals surface area contributed by atoms with Crippen LogP contribution < -0.4 is 10.9 Å². The van der Waals surface area contributed by atoms with Gasteiger partial charge in [0.15, 0.2) is 0 Å². The second-order valence-corrected chi connectivity index (χ2v) is 5.84. The van der Waals surface area contributed by atoms with Gasteiger partial charge in [-0.3, -0.25) is 20.4 Å². The van der Waals surface area contributed by atoms with Gasteiger partial charge in [0.25, 0.3) is 11.8 Å². The lowest BCUT2D eigenvalue weighted by Gasteiger charge is -2.05. The van der Waals surface area contributed by atoms with E-state index in [9.17, 15) is 9.59 Å². The summed E-state index contributed by atoms with van der Waals surface area (Å²) in [5, 5.41) is 0. The molecule has 0 saturated heterocycles. The molecule has 0 spiro atoms. The van der Waals surface area contributed by atoms with E-state index >= 15 is 0 Å². The normalized spacial score (nSPS) is 9.83. The van der Waals surface area contributed by atoms with E-state index in [-0.39, 0.29) is 11.8 Å². The van der Waals surface area contributed by atoms with Crippen LogP contribution in [0.2, 0.25) is 0 Å². The summed E-state index contributed by atoms with van der Waals surface area (Å²) < 4.78 is 0.863. The average Bonchev–Trinajstić information content (AvgIpc) is 2.83. The zero-order valence-corrected chi connectivity index (χ0v) is 11.5. The zero-order chi connectivity index (χ0) is 13.0. The Morgan fingerprint density at radius 2 is 1.61 bits per heavy atom. The molecule has 0 atom stereocenters. The van der Waals surface area contributed by atoms with Crippen LogP contribution in [-0.4, -0.2) is 11.8 Å². The summed E-state index contributed by atoms with van der Waals surface area (Å²) in [6.45, 7) is 0. The molecule has 2 aromatic rings. The van der Waals surface area contributed by atoms with Gasteiger partial charge in [-0.1, -0.05) is 18.2 Å². The van der Waals surface area contributed by atoms with Crippen LogP contribution in [0.3, 0.4) is 0 Å². The van der Waals surface area contributed by atoms with Crippen LogP contribution in [-0.2, 0) is 0 Å². The van der Waals surface area contributed by atoms with E-state index in [1.54, 1.807) is 36.4 Å². The number of benzene rings is 1. The monoisotopic (exact) mass is 324 g/mol. The minimum absolute atomic E-state index is 0.338. The highest BCUT2D eigenvalue weighted by Gasteiger charge is 2.10. The predicted molar refractivity (Wildman–Crippen MR) is 73.4 cm³/mol. The molecule has 0 radical (unpaired) electrons. The lowest BCUT2D eigenvalue weighted by atomic mass is 10.2. The van der Waals surface area contributed by atoms with E-state index in [1.165, 1.54) is 11.3 Å². The lowest BCUT2D eigenvalue weighted by molar-refractivity contribution is 0.0849. The minimum Gasteiger partial charge on any atom is -0.267 e. The molecule has 0 fully saturated rings. The number of rotatable bonds is 2. The number of halogens is 1. The highest BCUT2D eigenvalue weighted by molar-refractivity contribution is 9.11. The van der Waals surface area contributed by atoms with E-state index in [4.69, 9.17) is 0 Å². The molecule has 1 aromatic carbocycles. The number of hydrazine groups is 1. The van der Waals surface area contributed by atoms with Crippen molar-refractivity contribution in [2.45, 2.75) is 0 Å². The Balaban J connectivity index is 1.92. The summed E-state index contributed by atoms with van der Waals surface area (Å²) >= 11 is 4.57. The Labute approximate surface area is 116 Å². The fourth-order valence-corrected chi connectivity index (χ4v) is 2.55. The summed E-state index contributed by atoms with van der Waals surface area (Å²) in [5.41, 5.74) is 5.21. The van der Waals surface area contributed by atoms with E-state index in [0.717, 1.165) is 3.79 Å². The van der Waals surface area contributed by atoms with Crippen LogP contribution in [0.4, 0.5) is 0 Å². The van der Waals surface area contributed by atoms with Crippen molar-refractivity contribution >= 4 is 39.1 Å². The van der Waals surface area contributed by atoms with Gasteiger partial charge in [-0.25, -0.2) is 0 Å². The molecule has 1 heterocycles. The first-order valence-electron chi connectivity index (χ1n) is 5.08. The van der Waals surface area contributed by atoms with Crippen molar-refractivity contribution in [1.82, 2.24) is 10.9 Å². The van der Waals surface area contributed by atoms with Crippen molar-refractivity contribution in [2.24, 2.45) is 0 Å². The Morgan fingerprint density at radius 1 is 0.944 bits per heavy atom. The first-order chi connectivity index (χ1) is 8.66. The first-order valence-corrected chi connectivity index (χ1v) is 6.69. The van der Waals surface area contributed by atoms with E-state index in [1.807, 2.05) is 6.07 Å². The molecule has 0 aliphatic rings. The maximum atomic E-state index is 11.7. The largest absolute Gasteiger partial charge is 0.279 e. The second-order valence-electron chi connectivity index (χ2n) is 3.38. The van der Waals surface area contributed by atoms with Gasteiger partial charge in [0.05, 0.1) is 8.66 Å².